The molecule has 0 heterocycles. The maximum atomic E-state index is 12.2. The molecule has 3 N–H and O–H groups in total. The fraction of sp³-hybridized carbons (Fsp3) is 0.188. The number of carbonyl (C=O) groups excluding carboxylic acids is 1. The standard InChI is InChI=1S/C16H18N2O3S/c17-16(19)15(11-13-7-3-1-4-8-13)18-22(20,21)12-14-9-5-2-6-10-14/h1-10,15,18H,11-12H2,(H2,17,19). The third-order valence-electron chi connectivity index (χ3n) is 3.15. The summed E-state index contributed by atoms with van der Waals surface area (Å²) in [6.07, 6.45) is 0.226. The molecule has 0 spiro atoms. The maximum Gasteiger partial charge on any atom is 0.235 e. The Morgan fingerprint density at radius 3 is 1.95 bits per heavy atom. The van der Waals surface area contributed by atoms with Crippen molar-refractivity contribution in [2.45, 2.75) is 18.2 Å². The number of primary amides is 1. The Hall–Kier alpha value is -2.18. The van der Waals surface area contributed by atoms with Gasteiger partial charge < -0.3 is 5.73 Å². The molecule has 2 rings (SSSR count). The van der Waals surface area contributed by atoms with Crippen LogP contribution in [0.15, 0.2) is 60.7 Å². The molecule has 0 aromatic heterocycles. The molecule has 0 aliphatic heterocycles. The van der Waals surface area contributed by atoms with E-state index in [1.807, 2.05) is 36.4 Å². The Morgan fingerprint density at radius 2 is 1.45 bits per heavy atom. The summed E-state index contributed by atoms with van der Waals surface area (Å²) in [6, 6.07) is 17.0. The molecule has 22 heavy (non-hydrogen) atoms. The number of rotatable bonds is 7. The van der Waals surface area contributed by atoms with Gasteiger partial charge in [0.2, 0.25) is 15.9 Å². The predicted octanol–water partition coefficient (Wildman–Crippen LogP) is 1.20. The van der Waals surface area contributed by atoms with Crippen LogP contribution in [0.2, 0.25) is 0 Å². The van der Waals surface area contributed by atoms with Crippen molar-refractivity contribution in [2.75, 3.05) is 0 Å². The predicted molar refractivity (Wildman–Crippen MR) is 85.3 cm³/mol. The molecule has 0 aliphatic carbocycles. The van der Waals surface area contributed by atoms with Gasteiger partial charge in [-0.05, 0) is 17.5 Å². The topological polar surface area (TPSA) is 89.3 Å². The molecular weight excluding hydrogens is 300 g/mol. The number of benzene rings is 2. The fourth-order valence-corrected chi connectivity index (χ4v) is 3.45. The van der Waals surface area contributed by atoms with Gasteiger partial charge in [-0.25, -0.2) is 13.1 Å². The SMILES string of the molecule is NC(=O)C(Cc1ccccc1)NS(=O)(=O)Cc1ccccc1. The van der Waals surface area contributed by atoms with Crippen molar-refractivity contribution in [3.63, 3.8) is 0 Å². The minimum absolute atomic E-state index is 0.188. The fourth-order valence-electron chi connectivity index (χ4n) is 2.10. The van der Waals surface area contributed by atoms with Gasteiger partial charge in [0.1, 0.15) is 6.04 Å². The molecular formula is C16H18N2O3S. The molecule has 5 nitrogen and oxygen atoms in total. The zero-order chi connectivity index (χ0) is 16.0. The number of hydrogen-bond acceptors (Lipinski definition) is 3. The van der Waals surface area contributed by atoms with E-state index in [0.717, 1.165) is 5.56 Å². The van der Waals surface area contributed by atoms with E-state index in [4.69, 9.17) is 5.73 Å². The molecule has 1 atom stereocenters. The monoisotopic (exact) mass is 318 g/mol. The summed E-state index contributed by atoms with van der Waals surface area (Å²) >= 11 is 0. The summed E-state index contributed by atoms with van der Waals surface area (Å²) in [6.45, 7) is 0. The van der Waals surface area contributed by atoms with Gasteiger partial charge in [-0.15, -0.1) is 0 Å². The van der Waals surface area contributed by atoms with Crippen LogP contribution >= 0.6 is 0 Å². The Kier molecular flexibility index (Phi) is 5.30. The van der Waals surface area contributed by atoms with Crippen LogP contribution < -0.4 is 10.5 Å². The van der Waals surface area contributed by atoms with E-state index >= 15 is 0 Å². The lowest BCUT2D eigenvalue weighted by molar-refractivity contribution is -0.119. The largest absolute Gasteiger partial charge is 0.368 e. The maximum absolute atomic E-state index is 12.2. The normalized spacial score (nSPS) is 12.7. The Bertz CT molecular complexity index is 716. The number of carbonyl (C=O) groups is 1. The first-order valence-corrected chi connectivity index (χ1v) is 8.49. The van der Waals surface area contributed by atoms with Gasteiger partial charge in [0.05, 0.1) is 5.75 Å². The lowest BCUT2D eigenvalue weighted by Gasteiger charge is -2.16. The van der Waals surface area contributed by atoms with E-state index in [1.165, 1.54) is 0 Å². The third-order valence-corrected chi connectivity index (χ3v) is 4.50. The zero-order valence-electron chi connectivity index (χ0n) is 12.0. The second-order valence-electron chi connectivity index (χ2n) is 5.01. The second-order valence-corrected chi connectivity index (χ2v) is 6.76. The van der Waals surface area contributed by atoms with Gasteiger partial charge in [-0.3, -0.25) is 4.79 Å². The van der Waals surface area contributed by atoms with E-state index < -0.39 is 22.0 Å². The quantitative estimate of drug-likeness (QED) is 0.804. The van der Waals surface area contributed by atoms with E-state index in [0.29, 0.717) is 5.56 Å². The van der Waals surface area contributed by atoms with Crippen LogP contribution in [0.5, 0.6) is 0 Å². The van der Waals surface area contributed by atoms with Crippen LogP contribution in [-0.2, 0) is 27.0 Å². The molecule has 0 saturated carbocycles. The van der Waals surface area contributed by atoms with Crippen LogP contribution in [0.1, 0.15) is 11.1 Å². The molecule has 1 unspecified atom stereocenters. The van der Waals surface area contributed by atoms with Crippen LogP contribution in [0.4, 0.5) is 0 Å². The minimum Gasteiger partial charge on any atom is -0.368 e. The first kappa shape index (κ1) is 16.2. The number of sulfonamides is 1. The molecule has 2 aromatic rings. The van der Waals surface area contributed by atoms with Gasteiger partial charge in [0.15, 0.2) is 0 Å². The number of hydrogen-bond donors (Lipinski definition) is 2. The van der Waals surface area contributed by atoms with Crippen molar-refractivity contribution >= 4 is 15.9 Å². The molecule has 0 bridgehead atoms. The van der Waals surface area contributed by atoms with Crippen molar-refractivity contribution < 1.29 is 13.2 Å². The van der Waals surface area contributed by atoms with Crippen molar-refractivity contribution in [3.8, 4) is 0 Å². The van der Waals surface area contributed by atoms with E-state index in [1.54, 1.807) is 24.3 Å². The molecule has 6 heteroatoms. The molecule has 0 aliphatic rings. The second kappa shape index (κ2) is 7.20. The van der Waals surface area contributed by atoms with E-state index in [9.17, 15) is 13.2 Å². The van der Waals surface area contributed by atoms with Crippen LogP contribution in [0.25, 0.3) is 0 Å². The van der Waals surface area contributed by atoms with Gasteiger partial charge in [0.25, 0.3) is 0 Å². The molecule has 0 radical (unpaired) electrons. The van der Waals surface area contributed by atoms with Gasteiger partial charge >= 0.3 is 0 Å². The zero-order valence-corrected chi connectivity index (χ0v) is 12.8. The first-order valence-electron chi connectivity index (χ1n) is 6.83. The lowest BCUT2D eigenvalue weighted by atomic mass is 10.1. The summed E-state index contributed by atoms with van der Waals surface area (Å²) in [5, 5.41) is 0. The van der Waals surface area contributed by atoms with Gasteiger partial charge in [-0.2, -0.15) is 0 Å². The summed E-state index contributed by atoms with van der Waals surface area (Å²) in [7, 11) is -3.65. The summed E-state index contributed by atoms with van der Waals surface area (Å²) in [5.74, 6) is -0.882. The highest BCUT2D eigenvalue weighted by Gasteiger charge is 2.23. The Balaban J connectivity index is 2.08. The minimum atomic E-state index is -3.65. The molecule has 1 amide bonds. The summed E-state index contributed by atoms with van der Waals surface area (Å²) in [4.78, 5) is 11.5. The average Bonchev–Trinajstić information content (AvgIpc) is 2.48. The molecule has 2 aromatic carbocycles. The summed E-state index contributed by atoms with van der Waals surface area (Å²) in [5.41, 5.74) is 6.81. The highest BCUT2D eigenvalue weighted by atomic mass is 32.2. The Labute approximate surface area is 130 Å². The number of nitrogens with two attached hydrogens (primary N) is 1. The molecule has 116 valence electrons. The van der Waals surface area contributed by atoms with Gasteiger partial charge in [0, 0.05) is 0 Å². The van der Waals surface area contributed by atoms with Crippen molar-refractivity contribution in [1.82, 2.24) is 4.72 Å². The summed E-state index contributed by atoms with van der Waals surface area (Å²) < 4.78 is 26.8. The Morgan fingerprint density at radius 1 is 0.955 bits per heavy atom. The molecule has 0 fully saturated rings. The molecule has 0 saturated heterocycles. The van der Waals surface area contributed by atoms with Crippen molar-refractivity contribution in [2.24, 2.45) is 5.73 Å². The van der Waals surface area contributed by atoms with Crippen LogP contribution in [0.3, 0.4) is 0 Å². The average molecular weight is 318 g/mol. The smallest absolute Gasteiger partial charge is 0.235 e. The lowest BCUT2D eigenvalue weighted by Crippen LogP contribution is -2.46. The number of nitrogens with one attached hydrogen (secondary N) is 1. The van der Waals surface area contributed by atoms with E-state index in [2.05, 4.69) is 4.72 Å². The number of amides is 1. The van der Waals surface area contributed by atoms with Gasteiger partial charge in [-0.1, -0.05) is 60.7 Å². The highest BCUT2D eigenvalue weighted by molar-refractivity contribution is 7.88. The third kappa shape index (κ3) is 4.98. The van der Waals surface area contributed by atoms with Crippen LogP contribution in [-0.4, -0.2) is 20.4 Å². The van der Waals surface area contributed by atoms with Crippen molar-refractivity contribution in [3.05, 3.63) is 71.8 Å². The van der Waals surface area contributed by atoms with Crippen LogP contribution in [0, 0.1) is 0 Å². The first-order chi connectivity index (χ1) is 10.5. The van der Waals surface area contributed by atoms with E-state index in [-0.39, 0.29) is 12.2 Å². The van der Waals surface area contributed by atoms with Crippen molar-refractivity contribution in [1.29, 1.82) is 0 Å². The highest BCUT2D eigenvalue weighted by Crippen LogP contribution is 2.08.